The van der Waals surface area contributed by atoms with Crippen LogP contribution >= 0.6 is 38.9 Å². The molecule has 1 fully saturated rings. The van der Waals surface area contributed by atoms with Gasteiger partial charge in [0.25, 0.3) is 0 Å². The number of piperidine rings is 1. The fraction of sp³-hybridized carbons (Fsp3) is 0.467. The standard InChI is InChI=1S/C15H18BrClN4S/c1-20(15-3-2-14(17)18-19-15)12-4-6-21(7-5-12)9-13-8-11(16)10-22-13/h2-3,8,10,12H,4-7,9H2,1H3. The van der Waals surface area contributed by atoms with Crippen molar-refractivity contribution in [1.29, 1.82) is 0 Å². The van der Waals surface area contributed by atoms with Gasteiger partial charge in [-0.25, -0.2) is 0 Å². The summed E-state index contributed by atoms with van der Waals surface area (Å²) >= 11 is 11.1. The molecule has 22 heavy (non-hydrogen) atoms. The number of hydrogen-bond donors (Lipinski definition) is 0. The van der Waals surface area contributed by atoms with Crippen LogP contribution in [0.1, 0.15) is 17.7 Å². The number of anilines is 1. The summed E-state index contributed by atoms with van der Waals surface area (Å²) in [6.45, 7) is 3.28. The lowest BCUT2D eigenvalue weighted by atomic mass is 10.0. The number of nitrogens with zero attached hydrogens (tertiary/aromatic N) is 4. The van der Waals surface area contributed by atoms with Crippen molar-refractivity contribution in [2.45, 2.75) is 25.4 Å². The largest absolute Gasteiger partial charge is 0.355 e. The molecule has 0 amide bonds. The van der Waals surface area contributed by atoms with Gasteiger partial charge in [0.2, 0.25) is 0 Å². The van der Waals surface area contributed by atoms with Crippen LogP contribution in [-0.4, -0.2) is 41.3 Å². The van der Waals surface area contributed by atoms with E-state index >= 15 is 0 Å². The van der Waals surface area contributed by atoms with E-state index in [-0.39, 0.29) is 0 Å². The van der Waals surface area contributed by atoms with Gasteiger partial charge in [0, 0.05) is 47.5 Å². The molecule has 2 aromatic heterocycles. The van der Waals surface area contributed by atoms with Crippen LogP contribution in [0.15, 0.2) is 28.1 Å². The van der Waals surface area contributed by atoms with Gasteiger partial charge in [-0.1, -0.05) is 11.6 Å². The van der Waals surface area contributed by atoms with Gasteiger partial charge >= 0.3 is 0 Å². The third-order valence-corrected chi connectivity index (χ3v) is 5.97. The molecule has 0 radical (unpaired) electrons. The number of hydrogen-bond acceptors (Lipinski definition) is 5. The molecule has 0 N–H and O–H groups in total. The average molecular weight is 402 g/mol. The van der Waals surface area contributed by atoms with Crippen LogP contribution in [0.2, 0.25) is 5.15 Å². The topological polar surface area (TPSA) is 32.3 Å². The Morgan fingerprint density at radius 1 is 1.36 bits per heavy atom. The third kappa shape index (κ3) is 3.98. The van der Waals surface area contributed by atoms with Crippen molar-refractivity contribution in [1.82, 2.24) is 15.1 Å². The maximum Gasteiger partial charge on any atom is 0.151 e. The molecule has 2 aromatic rings. The highest BCUT2D eigenvalue weighted by atomic mass is 79.9. The van der Waals surface area contributed by atoms with Crippen molar-refractivity contribution in [3.63, 3.8) is 0 Å². The second-order valence-electron chi connectivity index (χ2n) is 5.56. The van der Waals surface area contributed by atoms with E-state index in [4.69, 9.17) is 11.6 Å². The molecule has 4 nitrogen and oxygen atoms in total. The molecule has 0 bridgehead atoms. The lowest BCUT2D eigenvalue weighted by molar-refractivity contribution is 0.204. The molecule has 7 heteroatoms. The summed E-state index contributed by atoms with van der Waals surface area (Å²) in [6, 6.07) is 6.46. The van der Waals surface area contributed by atoms with Crippen LogP contribution in [-0.2, 0) is 6.54 Å². The first kappa shape index (κ1) is 16.2. The van der Waals surface area contributed by atoms with Crippen LogP contribution in [0.25, 0.3) is 0 Å². The zero-order valence-electron chi connectivity index (χ0n) is 12.4. The Kier molecular flexibility index (Phi) is 5.33. The maximum absolute atomic E-state index is 5.80. The van der Waals surface area contributed by atoms with E-state index in [1.807, 2.05) is 17.4 Å². The van der Waals surface area contributed by atoms with Gasteiger partial charge in [0.05, 0.1) is 0 Å². The first-order valence-corrected chi connectivity index (χ1v) is 9.34. The maximum atomic E-state index is 5.80. The van der Waals surface area contributed by atoms with E-state index in [2.05, 4.69) is 54.4 Å². The van der Waals surface area contributed by atoms with E-state index in [0.717, 1.165) is 38.3 Å². The highest BCUT2D eigenvalue weighted by Crippen LogP contribution is 2.25. The zero-order chi connectivity index (χ0) is 15.5. The average Bonchev–Trinajstić information content (AvgIpc) is 2.93. The molecule has 1 aliphatic rings. The van der Waals surface area contributed by atoms with E-state index < -0.39 is 0 Å². The molecule has 0 saturated carbocycles. The Labute approximate surface area is 148 Å². The number of thiophene rings is 1. The molecule has 0 aliphatic carbocycles. The fourth-order valence-corrected chi connectivity index (χ4v) is 4.40. The molecule has 0 unspecified atom stereocenters. The monoisotopic (exact) mass is 400 g/mol. The van der Waals surface area contributed by atoms with Gasteiger partial charge in [-0.2, -0.15) is 0 Å². The summed E-state index contributed by atoms with van der Waals surface area (Å²) in [4.78, 5) is 6.17. The molecular weight excluding hydrogens is 384 g/mol. The van der Waals surface area contributed by atoms with Gasteiger partial charge in [0.15, 0.2) is 11.0 Å². The van der Waals surface area contributed by atoms with Gasteiger partial charge in [-0.15, -0.1) is 21.5 Å². The second-order valence-corrected chi connectivity index (χ2v) is 7.86. The summed E-state index contributed by atoms with van der Waals surface area (Å²) in [5, 5.41) is 10.7. The first-order valence-electron chi connectivity index (χ1n) is 7.29. The van der Waals surface area contributed by atoms with Crippen LogP contribution in [0.3, 0.4) is 0 Å². The smallest absolute Gasteiger partial charge is 0.151 e. The fourth-order valence-electron chi connectivity index (χ4n) is 2.81. The van der Waals surface area contributed by atoms with Gasteiger partial charge in [0.1, 0.15) is 0 Å². The van der Waals surface area contributed by atoms with Crippen molar-refractivity contribution in [3.8, 4) is 0 Å². The summed E-state index contributed by atoms with van der Waals surface area (Å²) in [6.07, 6.45) is 2.29. The van der Waals surface area contributed by atoms with Gasteiger partial charge in [-0.3, -0.25) is 4.90 Å². The highest BCUT2D eigenvalue weighted by Gasteiger charge is 2.23. The van der Waals surface area contributed by atoms with E-state index in [1.165, 1.54) is 9.35 Å². The summed E-state index contributed by atoms with van der Waals surface area (Å²) in [5.41, 5.74) is 0. The minimum Gasteiger partial charge on any atom is -0.355 e. The zero-order valence-corrected chi connectivity index (χ0v) is 15.5. The highest BCUT2D eigenvalue weighted by molar-refractivity contribution is 9.10. The Morgan fingerprint density at radius 2 is 2.14 bits per heavy atom. The Balaban J connectivity index is 1.53. The minimum atomic E-state index is 0.439. The molecule has 0 spiro atoms. The molecule has 3 rings (SSSR count). The van der Waals surface area contributed by atoms with Crippen LogP contribution < -0.4 is 4.90 Å². The third-order valence-electron chi connectivity index (χ3n) is 4.09. The van der Waals surface area contributed by atoms with Crippen molar-refractivity contribution in [2.24, 2.45) is 0 Å². The Morgan fingerprint density at radius 3 is 2.73 bits per heavy atom. The van der Waals surface area contributed by atoms with Crippen LogP contribution in [0, 0.1) is 0 Å². The number of likely N-dealkylation sites (tertiary alicyclic amines) is 1. The lowest BCUT2D eigenvalue weighted by Gasteiger charge is -2.36. The van der Waals surface area contributed by atoms with Gasteiger partial charge in [-0.05, 0) is 47.0 Å². The first-order chi connectivity index (χ1) is 10.6. The lowest BCUT2D eigenvalue weighted by Crippen LogP contribution is -2.43. The molecule has 118 valence electrons. The molecular formula is C15H18BrClN4S. The number of halogens is 2. The quantitative estimate of drug-likeness (QED) is 0.773. The summed E-state index contributed by atoms with van der Waals surface area (Å²) in [7, 11) is 2.09. The van der Waals surface area contributed by atoms with Crippen molar-refractivity contribution < 1.29 is 0 Å². The molecule has 1 saturated heterocycles. The summed E-state index contributed by atoms with van der Waals surface area (Å²) in [5.74, 6) is 0.894. The van der Waals surface area contributed by atoms with Crippen LogP contribution in [0.5, 0.6) is 0 Å². The molecule has 3 heterocycles. The second kappa shape index (κ2) is 7.25. The van der Waals surface area contributed by atoms with Crippen molar-refractivity contribution >= 4 is 44.7 Å². The van der Waals surface area contributed by atoms with Crippen molar-refractivity contribution in [2.75, 3.05) is 25.0 Å². The number of rotatable bonds is 4. The van der Waals surface area contributed by atoms with E-state index in [0.29, 0.717) is 11.2 Å². The minimum absolute atomic E-state index is 0.439. The Bertz CT molecular complexity index is 610. The van der Waals surface area contributed by atoms with Crippen molar-refractivity contribution in [3.05, 3.63) is 38.1 Å². The normalized spacial score (nSPS) is 16.9. The van der Waals surface area contributed by atoms with Gasteiger partial charge < -0.3 is 4.90 Å². The summed E-state index contributed by atoms with van der Waals surface area (Å²) < 4.78 is 1.18. The van der Waals surface area contributed by atoms with E-state index in [1.54, 1.807) is 6.07 Å². The SMILES string of the molecule is CN(c1ccc(Cl)nn1)C1CCN(Cc2cc(Br)cs2)CC1. The molecule has 0 aromatic carbocycles. The number of aromatic nitrogens is 2. The van der Waals surface area contributed by atoms with E-state index in [9.17, 15) is 0 Å². The predicted molar refractivity (Wildman–Crippen MR) is 95.8 cm³/mol. The van der Waals surface area contributed by atoms with Crippen LogP contribution in [0.4, 0.5) is 5.82 Å². The predicted octanol–water partition coefficient (Wildman–Crippen LogP) is 4.05. The Hall–Kier alpha value is -0.690. The molecule has 1 aliphatic heterocycles. The molecule has 0 atom stereocenters.